The van der Waals surface area contributed by atoms with Crippen LogP contribution in [0.4, 0.5) is 19.4 Å². The Labute approximate surface area is 234 Å². The molecule has 1 aliphatic rings. The van der Waals surface area contributed by atoms with Crippen molar-refractivity contribution < 1.29 is 27.9 Å². The van der Waals surface area contributed by atoms with Crippen LogP contribution in [0.5, 0.6) is 6.01 Å². The summed E-state index contributed by atoms with van der Waals surface area (Å²) >= 11 is 0. The number of halogens is 2. The van der Waals surface area contributed by atoms with Crippen molar-refractivity contribution in [1.82, 2.24) is 35.1 Å². The highest BCUT2D eigenvalue weighted by Gasteiger charge is 2.37. The molecule has 1 saturated heterocycles. The predicted octanol–water partition coefficient (Wildman–Crippen LogP) is 3.44. The number of carbonyl (C=O) groups is 1. The van der Waals surface area contributed by atoms with Crippen molar-refractivity contribution in [3.63, 3.8) is 0 Å². The molecule has 5 rings (SSSR count). The quantitative estimate of drug-likeness (QED) is 0.293. The fourth-order valence-electron chi connectivity index (χ4n) is 4.52. The summed E-state index contributed by atoms with van der Waals surface area (Å²) in [6, 6.07) is 10.4. The summed E-state index contributed by atoms with van der Waals surface area (Å²) in [7, 11) is 3.03. The first-order chi connectivity index (χ1) is 19.9. The number of pyridine rings is 1. The molecule has 41 heavy (non-hydrogen) atoms. The van der Waals surface area contributed by atoms with Gasteiger partial charge >= 0.3 is 12.0 Å². The molecular formula is C27H28F2N8O4. The topological polar surface area (TPSA) is 129 Å². The van der Waals surface area contributed by atoms with Crippen LogP contribution >= 0.6 is 0 Å². The Morgan fingerprint density at radius 1 is 1.12 bits per heavy atom. The van der Waals surface area contributed by atoms with Gasteiger partial charge < -0.3 is 14.8 Å². The number of aromatic nitrogens is 5. The summed E-state index contributed by atoms with van der Waals surface area (Å²) in [6.07, 6.45) is 2.31. The molecule has 2 atom stereocenters. The zero-order chi connectivity index (χ0) is 28.9. The molecule has 14 heteroatoms. The van der Waals surface area contributed by atoms with Crippen LogP contribution in [0.15, 0.2) is 54.9 Å². The first-order valence-electron chi connectivity index (χ1n) is 12.7. The van der Waals surface area contributed by atoms with Crippen LogP contribution in [0.3, 0.4) is 0 Å². The molecule has 4 heterocycles. The van der Waals surface area contributed by atoms with Crippen molar-refractivity contribution in [2.75, 3.05) is 39.2 Å². The number of nitrogens with zero attached hydrogens (tertiary/aromatic N) is 6. The van der Waals surface area contributed by atoms with Gasteiger partial charge in [0, 0.05) is 43.7 Å². The van der Waals surface area contributed by atoms with E-state index in [4.69, 9.17) is 19.4 Å². The normalized spacial score (nSPS) is 17.0. The van der Waals surface area contributed by atoms with Crippen LogP contribution in [-0.4, -0.2) is 75.8 Å². The van der Waals surface area contributed by atoms with Crippen molar-refractivity contribution in [2.24, 2.45) is 0 Å². The van der Waals surface area contributed by atoms with Crippen molar-refractivity contribution in [3.8, 4) is 23.0 Å². The Kier molecular flexibility index (Phi) is 8.42. The SMILES string of the molecule is COCCN1C[C@@H](NC(=O)Nc2c(C)c(-c3cnc(OC)nc3)nn2-c2ccccc2)[C@H](c2cc(F)nc(F)c2)O1. The van der Waals surface area contributed by atoms with E-state index in [0.29, 0.717) is 41.5 Å². The predicted molar refractivity (Wildman–Crippen MR) is 143 cm³/mol. The molecule has 3 aromatic heterocycles. The van der Waals surface area contributed by atoms with Gasteiger partial charge in [-0.25, -0.2) is 19.4 Å². The Balaban J connectivity index is 1.43. The van der Waals surface area contributed by atoms with Gasteiger partial charge in [0.2, 0.25) is 11.9 Å². The third-order valence-electron chi connectivity index (χ3n) is 6.44. The molecule has 0 saturated carbocycles. The van der Waals surface area contributed by atoms with Gasteiger partial charge in [-0.05, 0) is 36.8 Å². The van der Waals surface area contributed by atoms with Gasteiger partial charge in [0.15, 0.2) is 0 Å². The number of rotatable bonds is 9. The summed E-state index contributed by atoms with van der Waals surface area (Å²) in [4.78, 5) is 30.8. The Bertz CT molecular complexity index is 1480. The molecule has 214 valence electrons. The smallest absolute Gasteiger partial charge is 0.320 e. The Morgan fingerprint density at radius 2 is 1.83 bits per heavy atom. The number of hydroxylamine groups is 2. The number of para-hydroxylation sites is 1. The highest BCUT2D eigenvalue weighted by atomic mass is 19.1. The summed E-state index contributed by atoms with van der Waals surface area (Å²) in [5, 5.41) is 12.1. The molecule has 0 bridgehead atoms. The minimum Gasteiger partial charge on any atom is -0.467 e. The zero-order valence-electron chi connectivity index (χ0n) is 22.5. The lowest BCUT2D eigenvalue weighted by Gasteiger charge is -2.19. The molecule has 2 N–H and O–H groups in total. The lowest BCUT2D eigenvalue weighted by Crippen LogP contribution is -2.42. The van der Waals surface area contributed by atoms with Crippen LogP contribution < -0.4 is 15.4 Å². The van der Waals surface area contributed by atoms with Crippen LogP contribution in [0, 0.1) is 18.8 Å². The number of carbonyl (C=O) groups excluding carboxylic acids is 1. The zero-order valence-corrected chi connectivity index (χ0v) is 22.5. The number of methoxy groups -OCH3 is 2. The minimum atomic E-state index is -0.987. The fraction of sp³-hybridized carbons (Fsp3) is 0.296. The van der Waals surface area contributed by atoms with E-state index >= 15 is 0 Å². The van der Waals surface area contributed by atoms with Crippen molar-refractivity contribution in [3.05, 3.63) is 77.9 Å². The summed E-state index contributed by atoms with van der Waals surface area (Å²) in [5.74, 6) is -1.56. The monoisotopic (exact) mass is 566 g/mol. The average molecular weight is 567 g/mol. The summed E-state index contributed by atoms with van der Waals surface area (Å²) < 4.78 is 39.6. The van der Waals surface area contributed by atoms with Gasteiger partial charge in [-0.3, -0.25) is 10.2 Å². The summed E-state index contributed by atoms with van der Waals surface area (Å²) in [5.41, 5.74) is 2.76. The van der Waals surface area contributed by atoms with Gasteiger partial charge in [-0.15, -0.1) is 0 Å². The molecular weight excluding hydrogens is 538 g/mol. The maximum atomic E-state index is 13.9. The van der Waals surface area contributed by atoms with Crippen LogP contribution in [0.25, 0.3) is 16.9 Å². The number of amides is 2. The van der Waals surface area contributed by atoms with Gasteiger partial charge in [0.25, 0.3) is 0 Å². The molecule has 1 aliphatic heterocycles. The minimum absolute atomic E-state index is 0.201. The molecule has 12 nitrogen and oxygen atoms in total. The van der Waals surface area contributed by atoms with E-state index in [1.807, 2.05) is 37.3 Å². The molecule has 1 fully saturated rings. The van der Waals surface area contributed by atoms with E-state index in [1.54, 1.807) is 29.2 Å². The van der Waals surface area contributed by atoms with Crippen LogP contribution in [-0.2, 0) is 9.57 Å². The third-order valence-corrected chi connectivity index (χ3v) is 6.44. The second-order valence-corrected chi connectivity index (χ2v) is 9.19. The molecule has 0 unspecified atom stereocenters. The van der Waals surface area contributed by atoms with Crippen molar-refractivity contribution in [1.29, 1.82) is 0 Å². The van der Waals surface area contributed by atoms with E-state index < -0.39 is 30.1 Å². The number of benzene rings is 1. The molecule has 0 spiro atoms. The Morgan fingerprint density at radius 3 is 2.49 bits per heavy atom. The van der Waals surface area contributed by atoms with Gasteiger partial charge in [0.05, 0.1) is 25.4 Å². The Hall–Kier alpha value is -4.53. The molecule has 0 radical (unpaired) electrons. The van der Waals surface area contributed by atoms with Gasteiger partial charge in [0.1, 0.15) is 17.6 Å². The number of anilines is 1. The van der Waals surface area contributed by atoms with Crippen LogP contribution in [0.2, 0.25) is 0 Å². The number of hydrogen-bond acceptors (Lipinski definition) is 9. The van der Waals surface area contributed by atoms with E-state index in [9.17, 15) is 13.6 Å². The third kappa shape index (κ3) is 6.29. The molecule has 2 amide bonds. The second kappa shape index (κ2) is 12.3. The van der Waals surface area contributed by atoms with Gasteiger partial charge in [-0.2, -0.15) is 23.9 Å². The molecule has 0 aliphatic carbocycles. The number of hydrogen-bond donors (Lipinski definition) is 2. The number of ether oxygens (including phenoxy) is 2. The number of nitrogens with one attached hydrogen (secondary N) is 2. The fourth-order valence-corrected chi connectivity index (χ4v) is 4.52. The number of urea groups is 1. The van der Waals surface area contributed by atoms with E-state index in [2.05, 4.69) is 25.6 Å². The van der Waals surface area contributed by atoms with Crippen molar-refractivity contribution in [2.45, 2.75) is 19.1 Å². The first kappa shape index (κ1) is 28.0. The highest BCUT2D eigenvalue weighted by Crippen LogP contribution is 2.32. The van der Waals surface area contributed by atoms with E-state index in [0.717, 1.165) is 12.1 Å². The highest BCUT2D eigenvalue weighted by molar-refractivity contribution is 5.91. The van der Waals surface area contributed by atoms with Gasteiger partial charge in [-0.1, -0.05) is 18.2 Å². The standard InChI is InChI=1S/C27H28F2N8O4/c1-16-23(18-13-30-27(40-3)31-14-18)35-37(19-7-5-4-6-8-19)25(16)34-26(38)32-20-15-36(9-10-39-2)41-24(20)17-11-21(28)33-22(29)12-17/h4-8,11-14,20,24H,9-10,15H2,1-3H3,(H2,32,34,38)/t20-,24+/m1/s1. The largest absolute Gasteiger partial charge is 0.467 e. The lowest BCUT2D eigenvalue weighted by atomic mass is 10.0. The van der Waals surface area contributed by atoms with Crippen LogP contribution in [0.1, 0.15) is 17.2 Å². The molecule has 4 aromatic rings. The maximum absolute atomic E-state index is 13.9. The molecule has 1 aromatic carbocycles. The first-order valence-corrected chi connectivity index (χ1v) is 12.7. The van der Waals surface area contributed by atoms with Crippen molar-refractivity contribution >= 4 is 11.8 Å². The summed E-state index contributed by atoms with van der Waals surface area (Å²) in [6.45, 7) is 2.81. The van der Waals surface area contributed by atoms with E-state index in [-0.39, 0.29) is 18.1 Å². The lowest BCUT2D eigenvalue weighted by molar-refractivity contribution is -0.154. The second-order valence-electron chi connectivity index (χ2n) is 9.19. The maximum Gasteiger partial charge on any atom is 0.320 e. The van der Waals surface area contributed by atoms with E-state index in [1.165, 1.54) is 7.11 Å². The average Bonchev–Trinajstić information content (AvgIpc) is 3.52.